The quantitative estimate of drug-likeness (QED) is 0.906. The minimum absolute atomic E-state index is 0.132. The van der Waals surface area contributed by atoms with E-state index >= 15 is 0 Å². The highest BCUT2D eigenvalue weighted by atomic mass is 19.4. The molecular formula is C12H17F3N2O. The number of aliphatic hydroxyl groups excluding tert-OH is 1. The molecule has 0 bridgehead atoms. The van der Waals surface area contributed by atoms with Crippen LogP contribution < -0.4 is 0 Å². The summed E-state index contributed by atoms with van der Waals surface area (Å²) in [4.78, 5) is 0. The predicted octanol–water partition coefficient (Wildman–Crippen LogP) is 2.84. The van der Waals surface area contributed by atoms with Gasteiger partial charge in [0.1, 0.15) is 0 Å². The molecule has 3 nitrogen and oxygen atoms in total. The Hall–Kier alpha value is -1.04. The van der Waals surface area contributed by atoms with Crippen LogP contribution in [-0.4, -0.2) is 21.0 Å². The van der Waals surface area contributed by atoms with Gasteiger partial charge in [0, 0.05) is 6.20 Å². The minimum Gasteiger partial charge on any atom is -0.391 e. The number of alkyl halides is 3. The van der Waals surface area contributed by atoms with Crippen LogP contribution >= 0.6 is 0 Å². The maximum atomic E-state index is 12.4. The first kappa shape index (κ1) is 13.4. The first-order chi connectivity index (χ1) is 8.45. The second-order valence-corrected chi connectivity index (χ2v) is 4.99. The van der Waals surface area contributed by atoms with Crippen molar-refractivity contribution in [2.75, 3.05) is 0 Å². The SMILES string of the molecule is OC(CC1CCCC1)Cn1cc(C(F)(F)F)cn1. The van der Waals surface area contributed by atoms with E-state index in [4.69, 9.17) is 0 Å². The summed E-state index contributed by atoms with van der Waals surface area (Å²) in [5, 5.41) is 13.5. The maximum absolute atomic E-state index is 12.4. The average molecular weight is 262 g/mol. The molecule has 0 radical (unpaired) electrons. The van der Waals surface area contributed by atoms with Gasteiger partial charge in [0.25, 0.3) is 0 Å². The number of nitrogens with zero attached hydrogens (tertiary/aromatic N) is 2. The van der Waals surface area contributed by atoms with E-state index in [1.54, 1.807) is 0 Å². The third kappa shape index (κ3) is 3.48. The zero-order chi connectivity index (χ0) is 13.2. The van der Waals surface area contributed by atoms with Gasteiger partial charge in [0.2, 0.25) is 0 Å². The number of aliphatic hydroxyl groups is 1. The first-order valence-electron chi connectivity index (χ1n) is 6.23. The Bertz CT molecular complexity index is 383. The Morgan fingerprint density at radius 3 is 2.61 bits per heavy atom. The fourth-order valence-corrected chi connectivity index (χ4v) is 2.53. The summed E-state index contributed by atoms with van der Waals surface area (Å²) in [6.07, 6.45) is 2.02. The zero-order valence-electron chi connectivity index (χ0n) is 10.0. The molecule has 1 aromatic heterocycles. The molecule has 1 heterocycles. The molecule has 18 heavy (non-hydrogen) atoms. The summed E-state index contributed by atoms with van der Waals surface area (Å²) in [6, 6.07) is 0. The lowest BCUT2D eigenvalue weighted by Crippen LogP contribution is -2.19. The standard InChI is InChI=1S/C12H17F3N2O/c13-12(14,15)10-6-16-17(7-10)8-11(18)5-9-3-1-2-4-9/h6-7,9,11,18H,1-5,8H2. The summed E-state index contributed by atoms with van der Waals surface area (Å²) in [5.41, 5.74) is -0.768. The van der Waals surface area contributed by atoms with Crippen LogP contribution in [0.4, 0.5) is 13.2 Å². The van der Waals surface area contributed by atoms with Crippen molar-refractivity contribution in [2.24, 2.45) is 5.92 Å². The molecule has 2 rings (SSSR count). The van der Waals surface area contributed by atoms with Crippen molar-refractivity contribution in [3.63, 3.8) is 0 Å². The van der Waals surface area contributed by atoms with Crippen LogP contribution in [-0.2, 0) is 12.7 Å². The Morgan fingerprint density at radius 2 is 2.06 bits per heavy atom. The summed E-state index contributed by atoms with van der Waals surface area (Å²) in [7, 11) is 0. The van der Waals surface area contributed by atoms with E-state index < -0.39 is 17.8 Å². The monoisotopic (exact) mass is 262 g/mol. The lowest BCUT2D eigenvalue weighted by molar-refractivity contribution is -0.137. The van der Waals surface area contributed by atoms with Crippen molar-refractivity contribution < 1.29 is 18.3 Å². The molecule has 0 amide bonds. The van der Waals surface area contributed by atoms with Gasteiger partial charge in [-0.15, -0.1) is 0 Å². The van der Waals surface area contributed by atoms with Crippen LogP contribution in [0.3, 0.4) is 0 Å². The van der Waals surface area contributed by atoms with Crippen molar-refractivity contribution in [3.8, 4) is 0 Å². The normalized spacial score (nSPS) is 19.3. The van der Waals surface area contributed by atoms with Crippen molar-refractivity contribution in [2.45, 2.75) is 50.9 Å². The molecule has 1 saturated carbocycles. The molecule has 102 valence electrons. The topological polar surface area (TPSA) is 38.0 Å². The number of aromatic nitrogens is 2. The highest BCUT2D eigenvalue weighted by Gasteiger charge is 2.32. The van der Waals surface area contributed by atoms with Gasteiger partial charge in [-0.1, -0.05) is 25.7 Å². The van der Waals surface area contributed by atoms with Crippen molar-refractivity contribution in [1.82, 2.24) is 9.78 Å². The van der Waals surface area contributed by atoms with Crippen LogP contribution in [0.5, 0.6) is 0 Å². The molecule has 1 N–H and O–H groups in total. The molecule has 1 unspecified atom stereocenters. The van der Waals surface area contributed by atoms with Crippen LogP contribution in [0.1, 0.15) is 37.7 Å². The van der Waals surface area contributed by atoms with Crippen LogP contribution in [0.25, 0.3) is 0 Å². The van der Waals surface area contributed by atoms with E-state index in [1.165, 1.54) is 17.5 Å². The van der Waals surface area contributed by atoms with E-state index in [9.17, 15) is 18.3 Å². The molecule has 1 fully saturated rings. The molecular weight excluding hydrogens is 245 g/mol. The lowest BCUT2D eigenvalue weighted by atomic mass is 10.0. The van der Waals surface area contributed by atoms with E-state index in [0.29, 0.717) is 12.3 Å². The second kappa shape index (κ2) is 5.30. The second-order valence-electron chi connectivity index (χ2n) is 4.99. The number of hydrogen-bond acceptors (Lipinski definition) is 2. The lowest BCUT2D eigenvalue weighted by Gasteiger charge is -2.15. The highest BCUT2D eigenvalue weighted by Crippen LogP contribution is 2.30. The Labute approximate surface area is 104 Å². The Kier molecular flexibility index (Phi) is 3.94. The van der Waals surface area contributed by atoms with Crippen LogP contribution in [0, 0.1) is 5.92 Å². The van der Waals surface area contributed by atoms with E-state index in [2.05, 4.69) is 5.10 Å². The van der Waals surface area contributed by atoms with Gasteiger partial charge < -0.3 is 5.11 Å². The number of rotatable bonds is 4. The molecule has 1 atom stereocenters. The molecule has 0 aliphatic heterocycles. The van der Waals surface area contributed by atoms with Crippen molar-refractivity contribution in [3.05, 3.63) is 18.0 Å². The zero-order valence-corrected chi connectivity index (χ0v) is 10.0. The van der Waals surface area contributed by atoms with Gasteiger partial charge in [0.15, 0.2) is 0 Å². The first-order valence-corrected chi connectivity index (χ1v) is 6.23. The third-order valence-corrected chi connectivity index (χ3v) is 3.44. The average Bonchev–Trinajstić information content (AvgIpc) is 2.87. The summed E-state index contributed by atoms with van der Waals surface area (Å²) >= 11 is 0. The van der Waals surface area contributed by atoms with E-state index in [0.717, 1.165) is 25.2 Å². The smallest absolute Gasteiger partial charge is 0.391 e. The summed E-state index contributed by atoms with van der Waals surface area (Å²) in [6.45, 7) is 0.132. The van der Waals surface area contributed by atoms with Gasteiger partial charge >= 0.3 is 6.18 Å². The molecule has 1 aliphatic rings. The molecule has 6 heteroatoms. The van der Waals surface area contributed by atoms with Crippen LogP contribution in [0.2, 0.25) is 0 Å². The molecule has 0 aromatic carbocycles. The van der Waals surface area contributed by atoms with Gasteiger partial charge in [-0.3, -0.25) is 4.68 Å². The van der Waals surface area contributed by atoms with Gasteiger partial charge in [-0.25, -0.2) is 0 Å². The molecule has 0 spiro atoms. The predicted molar refractivity (Wildman–Crippen MR) is 59.8 cm³/mol. The molecule has 1 aliphatic carbocycles. The fraction of sp³-hybridized carbons (Fsp3) is 0.750. The highest BCUT2D eigenvalue weighted by molar-refractivity contribution is 5.08. The Balaban J connectivity index is 1.86. The number of hydrogen-bond donors (Lipinski definition) is 1. The van der Waals surface area contributed by atoms with Crippen LogP contribution in [0.15, 0.2) is 12.4 Å². The fourth-order valence-electron chi connectivity index (χ4n) is 2.53. The van der Waals surface area contributed by atoms with Gasteiger partial charge in [-0.05, 0) is 12.3 Å². The third-order valence-electron chi connectivity index (χ3n) is 3.44. The van der Waals surface area contributed by atoms with E-state index in [1.807, 2.05) is 0 Å². The van der Waals surface area contributed by atoms with E-state index in [-0.39, 0.29) is 6.54 Å². The summed E-state index contributed by atoms with van der Waals surface area (Å²) in [5.74, 6) is 0.512. The summed E-state index contributed by atoms with van der Waals surface area (Å²) < 4.78 is 38.2. The van der Waals surface area contributed by atoms with Gasteiger partial charge in [0.05, 0.1) is 24.4 Å². The maximum Gasteiger partial charge on any atom is 0.419 e. The Morgan fingerprint density at radius 1 is 1.39 bits per heavy atom. The van der Waals surface area contributed by atoms with Crippen molar-refractivity contribution in [1.29, 1.82) is 0 Å². The molecule has 0 saturated heterocycles. The van der Waals surface area contributed by atoms with Crippen molar-refractivity contribution >= 4 is 0 Å². The number of halogens is 3. The van der Waals surface area contributed by atoms with Gasteiger partial charge in [-0.2, -0.15) is 18.3 Å². The molecule has 1 aromatic rings. The largest absolute Gasteiger partial charge is 0.419 e. The minimum atomic E-state index is -4.37.